The van der Waals surface area contributed by atoms with Crippen LogP contribution >= 0.6 is 0 Å². The lowest BCUT2D eigenvalue weighted by atomic mass is 9.93. The van der Waals surface area contributed by atoms with E-state index in [4.69, 9.17) is 52.1 Å². The van der Waals surface area contributed by atoms with Gasteiger partial charge in [-0.1, -0.05) is 0 Å². The average Bonchev–Trinajstić information content (AvgIpc) is 3.54. The van der Waals surface area contributed by atoms with Gasteiger partial charge in [0.15, 0.2) is 56.1 Å². The molecule has 0 aromatic carbocycles. The first-order valence-electron chi connectivity index (χ1n) is 24.1. The summed E-state index contributed by atoms with van der Waals surface area (Å²) in [5, 5.41) is 188. The van der Waals surface area contributed by atoms with Gasteiger partial charge in [-0.25, -0.2) is 14.4 Å². The molecule has 79 heavy (non-hydrogen) atoms. The van der Waals surface area contributed by atoms with Gasteiger partial charge in [0.25, 0.3) is 0 Å². The zero-order chi connectivity index (χ0) is 58.8. The van der Waals surface area contributed by atoms with Crippen LogP contribution < -0.4 is 16.0 Å². The van der Waals surface area contributed by atoms with Crippen LogP contribution in [0.3, 0.4) is 0 Å². The molecule has 0 bridgehead atoms. The number of carbonyl (C=O) groups excluding carboxylic acids is 3. The molecular formula is C42H65N3O34. The minimum atomic E-state index is -2.53. The summed E-state index contributed by atoms with van der Waals surface area (Å²) >= 11 is 0. The van der Waals surface area contributed by atoms with Crippen LogP contribution in [0.15, 0.2) is 0 Å². The van der Waals surface area contributed by atoms with Crippen molar-refractivity contribution < 1.29 is 168 Å². The zero-order valence-electron chi connectivity index (χ0n) is 41.5. The summed E-state index contributed by atoms with van der Waals surface area (Å²) in [5.41, 5.74) is 0. The number of rotatable bonds is 19. The predicted molar refractivity (Wildman–Crippen MR) is 236 cm³/mol. The summed E-state index contributed by atoms with van der Waals surface area (Å²) in [4.78, 5) is 75.0. The molecule has 20 N–H and O–H groups in total. The Hall–Kier alpha value is -4.18. The molecule has 0 spiro atoms. The number of aliphatic carboxylic acids is 3. The highest BCUT2D eigenvalue weighted by Crippen LogP contribution is 2.37. The van der Waals surface area contributed by atoms with E-state index in [0.717, 1.165) is 20.8 Å². The van der Waals surface area contributed by atoms with E-state index in [0.29, 0.717) is 0 Å². The van der Waals surface area contributed by atoms with Gasteiger partial charge in [-0.05, 0) is 0 Å². The Bertz CT molecular complexity index is 2120. The Balaban J connectivity index is 1.25. The van der Waals surface area contributed by atoms with Crippen molar-refractivity contribution in [2.45, 2.75) is 205 Å². The van der Waals surface area contributed by atoms with Gasteiger partial charge in [0.05, 0.1) is 19.8 Å². The third kappa shape index (κ3) is 13.8. The highest BCUT2D eigenvalue weighted by Gasteiger charge is 2.60. The summed E-state index contributed by atoms with van der Waals surface area (Å²) in [6, 6.07) is -5.63. The van der Waals surface area contributed by atoms with Gasteiger partial charge in [0, 0.05) is 20.8 Å². The van der Waals surface area contributed by atoms with E-state index in [9.17, 15) is 116 Å². The summed E-state index contributed by atoms with van der Waals surface area (Å²) in [5.74, 6) is -8.60. The number of hydrogen-bond donors (Lipinski definition) is 20. The van der Waals surface area contributed by atoms with Crippen LogP contribution in [0.5, 0.6) is 0 Å². The van der Waals surface area contributed by atoms with Crippen molar-refractivity contribution in [3.63, 3.8) is 0 Å². The van der Waals surface area contributed by atoms with Crippen LogP contribution in [0, 0.1) is 0 Å². The number of ether oxygens (including phenoxy) is 11. The van der Waals surface area contributed by atoms with E-state index in [1.165, 1.54) is 0 Å². The Morgan fingerprint density at radius 3 is 0.962 bits per heavy atom. The second-order valence-corrected chi connectivity index (χ2v) is 19.1. The quantitative estimate of drug-likeness (QED) is 0.0571. The maximum atomic E-state index is 12.9. The van der Waals surface area contributed by atoms with E-state index < -0.39 is 239 Å². The maximum absolute atomic E-state index is 12.9. The molecule has 6 saturated heterocycles. The van der Waals surface area contributed by atoms with Crippen LogP contribution in [0.2, 0.25) is 0 Å². The van der Waals surface area contributed by atoms with E-state index in [-0.39, 0.29) is 0 Å². The van der Waals surface area contributed by atoms with E-state index in [1.807, 2.05) is 0 Å². The lowest BCUT2D eigenvalue weighted by molar-refractivity contribution is -0.377. The summed E-state index contributed by atoms with van der Waals surface area (Å²) in [6.07, 6.45) is -59.2. The lowest BCUT2D eigenvalue weighted by Crippen LogP contribution is -2.71. The average molecular weight is 1160 g/mol. The molecule has 452 valence electrons. The number of amides is 3. The first kappa shape index (κ1) is 64.0. The first-order chi connectivity index (χ1) is 37.1. The molecule has 0 aromatic heterocycles. The molecule has 3 amide bonds. The number of hydrogen-bond acceptors (Lipinski definition) is 31. The Kier molecular flexibility index (Phi) is 21.7. The van der Waals surface area contributed by atoms with Gasteiger partial charge in [0.2, 0.25) is 17.7 Å². The molecule has 37 nitrogen and oxygen atoms in total. The van der Waals surface area contributed by atoms with Gasteiger partial charge >= 0.3 is 17.9 Å². The predicted octanol–water partition coefficient (Wildman–Crippen LogP) is -13.4. The molecule has 6 rings (SSSR count). The Morgan fingerprint density at radius 2 is 0.633 bits per heavy atom. The molecule has 0 radical (unpaired) electrons. The van der Waals surface area contributed by atoms with Crippen molar-refractivity contribution in [1.29, 1.82) is 0 Å². The first-order valence-corrected chi connectivity index (χ1v) is 24.1. The van der Waals surface area contributed by atoms with E-state index in [2.05, 4.69) is 16.0 Å². The van der Waals surface area contributed by atoms with Gasteiger partial charge in [0.1, 0.15) is 128 Å². The molecule has 0 unspecified atom stereocenters. The molecule has 0 aromatic rings. The van der Waals surface area contributed by atoms with E-state index in [1.54, 1.807) is 0 Å². The number of aliphatic hydroxyl groups is 14. The highest BCUT2D eigenvalue weighted by atomic mass is 16.8. The Labute approximate surface area is 443 Å². The third-order valence-electron chi connectivity index (χ3n) is 13.5. The molecule has 0 saturated carbocycles. The highest BCUT2D eigenvalue weighted by molar-refractivity contribution is 5.75. The van der Waals surface area contributed by atoms with Gasteiger partial charge in [-0.15, -0.1) is 0 Å². The van der Waals surface area contributed by atoms with Gasteiger partial charge in [-0.2, -0.15) is 0 Å². The fourth-order valence-corrected chi connectivity index (χ4v) is 9.63. The van der Waals surface area contributed by atoms with Gasteiger partial charge in [-0.3, -0.25) is 14.4 Å². The molecule has 6 aliphatic heterocycles. The number of nitrogens with one attached hydrogen (secondary N) is 3. The van der Waals surface area contributed by atoms with Crippen molar-refractivity contribution in [3.8, 4) is 0 Å². The fourth-order valence-electron chi connectivity index (χ4n) is 9.63. The normalized spacial score (nSPS) is 46.6. The number of carboxylic acids is 3. The largest absolute Gasteiger partial charge is 0.479 e. The second kappa shape index (κ2) is 26.8. The van der Waals surface area contributed by atoms with Crippen LogP contribution in [0.1, 0.15) is 20.8 Å². The van der Waals surface area contributed by atoms with Crippen molar-refractivity contribution in [2.75, 3.05) is 19.8 Å². The molecular weight excluding hydrogens is 1090 g/mol. The SMILES string of the molecule is CC(=O)N[C@H]1[C@H](O[C@H]2[C@@H](O)[C@@H](O)[C@H](O[C@H]3[C@@H](O)[C@@H](CO)O[C@@H](O[C@H]4[C@H](O)[C@@H](O)[C@H](O[C@H]5[C@@H](O)[C@@H](CO)O[C@@H](O[C@H]6[C@@H](O)[C@@H](O)[C@H](O)O[C@@H]6C(=O)O)[C@@H]5NC(C)=O)O[C@@H]4C(=O)O)[C@@H]3NC(C)=O)O[C@@H]2C(=O)O)O[C@H](CO)[C@H](O)[C@@H]1O. The summed E-state index contributed by atoms with van der Waals surface area (Å²) in [7, 11) is 0. The zero-order valence-corrected chi connectivity index (χ0v) is 41.5. The molecule has 0 aliphatic carbocycles. The molecule has 37 heteroatoms. The smallest absolute Gasteiger partial charge is 0.335 e. The van der Waals surface area contributed by atoms with Crippen molar-refractivity contribution in [2.24, 2.45) is 0 Å². The Morgan fingerprint density at radius 1 is 0.342 bits per heavy atom. The van der Waals surface area contributed by atoms with Crippen molar-refractivity contribution >= 4 is 35.6 Å². The topological polar surface area (TPSA) is 584 Å². The summed E-state index contributed by atoms with van der Waals surface area (Å²) in [6.45, 7) is -0.435. The molecule has 6 heterocycles. The van der Waals surface area contributed by atoms with Crippen molar-refractivity contribution in [1.82, 2.24) is 16.0 Å². The summed E-state index contributed by atoms with van der Waals surface area (Å²) < 4.78 is 61.2. The van der Waals surface area contributed by atoms with Crippen molar-refractivity contribution in [3.05, 3.63) is 0 Å². The fraction of sp³-hybridized carbons (Fsp3) is 0.857. The number of aliphatic hydroxyl groups excluding tert-OH is 14. The monoisotopic (exact) mass is 1160 g/mol. The molecule has 6 aliphatic rings. The van der Waals surface area contributed by atoms with E-state index >= 15 is 0 Å². The number of carbonyl (C=O) groups is 6. The molecule has 6 fully saturated rings. The van der Waals surface area contributed by atoms with Crippen LogP contribution in [-0.2, 0) is 80.9 Å². The third-order valence-corrected chi connectivity index (χ3v) is 13.5. The number of carboxylic acid groups (broad SMARTS) is 3. The minimum absolute atomic E-state index is 0.824. The van der Waals surface area contributed by atoms with Crippen LogP contribution in [0.25, 0.3) is 0 Å². The standard InChI is InChI=1S/C42H65N3O34/c1-7(49)43-13-19(55)16(52)10(4-46)69-38(13)75-29-21(57)24(60)41(78-32(29)35(64)65)74-27-15(45-9(3)51)40(71-12(6-48)18(27)54)77-30-22(58)25(61)42(79-33(30)36(66)67)73-26-14(44-8(2)50)39(70-11(5-47)17(26)53)76-28-20(56)23(59)37(68)72-31(28)34(62)63/h10-33,37-42,46-48,52-61,68H,4-6H2,1-3H3,(H,43,49)(H,44,50)(H,45,51)(H,62,63)(H,64,65)(H,66,67)/t10-,11-,12-,13-,14-,15-,16+,17+,18+,19-,20+,21+,22-,23-,24-,25-,26-,27-,28+,29+,30+,31+,32+,33+,37-,38+,39+,40+,41-,42-/m1/s1. The minimum Gasteiger partial charge on any atom is -0.479 e. The lowest BCUT2D eigenvalue weighted by Gasteiger charge is -2.50. The van der Waals surface area contributed by atoms with Crippen LogP contribution in [0.4, 0.5) is 0 Å². The van der Waals surface area contributed by atoms with Gasteiger partial charge < -0.3 is 155 Å². The maximum Gasteiger partial charge on any atom is 0.335 e. The van der Waals surface area contributed by atoms with Crippen LogP contribution in [-0.4, -0.2) is 326 Å². The second-order valence-electron chi connectivity index (χ2n) is 19.1. The molecule has 30 atom stereocenters.